The fourth-order valence-corrected chi connectivity index (χ4v) is 3.37. The van der Waals surface area contributed by atoms with E-state index in [2.05, 4.69) is 34.1 Å². The van der Waals surface area contributed by atoms with E-state index >= 15 is 0 Å². The van der Waals surface area contributed by atoms with E-state index in [4.69, 9.17) is 5.73 Å². The maximum absolute atomic E-state index is 11.7. The fourth-order valence-electron chi connectivity index (χ4n) is 3.37. The molecule has 4 heteroatoms. The van der Waals surface area contributed by atoms with Crippen molar-refractivity contribution in [3.63, 3.8) is 0 Å². The summed E-state index contributed by atoms with van der Waals surface area (Å²) in [4.78, 5) is 18.3. The van der Waals surface area contributed by atoms with Gasteiger partial charge in [0.15, 0.2) is 0 Å². The van der Waals surface area contributed by atoms with Crippen LogP contribution in [0.1, 0.15) is 40.4 Å². The van der Waals surface area contributed by atoms with E-state index in [9.17, 15) is 4.79 Å². The molecule has 114 valence electrons. The standard InChI is InChI=1S/C18H21N3O/c1-13-9-10-20-17(18(19)22)16(13)14-6-5-11-21(12-14)15-7-3-2-4-8-15/h2-4,7-10,14H,5-6,11-12H2,1H3,(H2,19,22). The average molecular weight is 295 g/mol. The molecule has 22 heavy (non-hydrogen) atoms. The van der Waals surface area contributed by atoms with E-state index in [1.807, 2.05) is 19.1 Å². The van der Waals surface area contributed by atoms with E-state index in [1.54, 1.807) is 6.20 Å². The Balaban J connectivity index is 1.91. The number of primary amides is 1. The van der Waals surface area contributed by atoms with Gasteiger partial charge in [0.25, 0.3) is 5.91 Å². The minimum atomic E-state index is -0.435. The summed E-state index contributed by atoms with van der Waals surface area (Å²) in [5.74, 6) is -0.138. The Morgan fingerprint density at radius 1 is 1.27 bits per heavy atom. The molecule has 1 unspecified atom stereocenters. The molecule has 1 fully saturated rings. The highest BCUT2D eigenvalue weighted by Crippen LogP contribution is 2.32. The highest BCUT2D eigenvalue weighted by atomic mass is 16.1. The fraction of sp³-hybridized carbons (Fsp3) is 0.333. The molecule has 4 nitrogen and oxygen atoms in total. The first kappa shape index (κ1) is 14.6. The molecule has 1 atom stereocenters. The van der Waals surface area contributed by atoms with E-state index in [-0.39, 0.29) is 0 Å². The summed E-state index contributed by atoms with van der Waals surface area (Å²) < 4.78 is 0. The van der Waals surface area contributed by atoms with Crippen LogP contribution in [-0.2, 0) is 0 Å². The van der Waals surface area contributed by atoms with Gasteiger partial charge in [-0.3, -0.25) is 9.78 Å². The van der Waals surface area contributed by atoms with Crippen LogP contribution in [0.3, 0.4) is 0 Å². The zero-order chi connectivity index (χ0) is 15.5. The molecule has 2 N–H and O–H groups in total. The lowest BCUT2D eigenvalue weighted by molar-refractivity contribution is 0.0994. The topological polar surface area (TPSA) is 59.2 Å². The molecule has 1 aromatic carbocycles. The van der Waals surface area contributed by atoms with Gasteiger partial charge >= 0.3 is 0 Å². The number of carbonyl (C=O) groups excluding carboxylic acids is 1. The van der Waals surface area contributed by atoms with Crippen LogP contribution in [0.4, 0.5) is 5.69 Å². The molecular formula is C18H21N3O. The van der Waals surface area contributed by atoms with E-state index < -0.39 is 5.91 Å². The number of rotatable bonds is 3. The first-order valence-electron chi connectivity index (χ1n) is 7.72. The Morgan fingerprint density at radius 2 is 2.05 bits per heavy atom. The summed E-state index contributed by atoms with van der Waals surface area (Å²) in [6.07, 6.45) is 3.83. The van der Waals surface area contributed by atoms with Crippen LogP contribution in [0.5, 0.6) is 0 Å². The molecule has 1 saturated heterocycles. The predicted octanol–water partition coefficient (Wildman–Crippen LogP) is 2.87. The summed E-state index contributed by atoms with van der Waals surface area (Å²) in [5, 5.41) is 0. The van der Waals surface area contributed by atoms with Crippen molar-refractivity contribution < 1.29 is 4.79 Å². The van der Waals surface area contributed by atoms with Crippen molar-refractivity contribution in [1.29, 1.82) is 0 Å². The van der Waals surface area contributed by atoms with Crippen LogP contribution >= 0.6 is 0 Å². The lowest BCUT2D eigenvalue weighted by Crippen LogP contribution is -2.35. The van der Waals surface area contributed by atoms with Gasteiger partial charge < -0.3 is 10.6 Å². The van der Waals surface area contributed by atoms with Crippen molar-refractivity contribution in [3.05, 3.63) is 59.4 Å². The van der Waals surface area contributed by atoms with Crippen molar-refractivity contribution in [2.45, 2.75) is 25.7 Å². The van der Waals surface area contributed by atoms with E-state index in [1.165, 1.54) is 5.69 Å². The first-order valence-corrected chi connectivity index (χ1v) is 7.72. The van der Waals surface area contributed by atoms with Crippen molar-refractivity contribution >= 4 is 11.6 Å². The number of carbonyl (C=O) groups is 1. The number of aromatic nitrogens is 1. The number of pyridine rings is 1. The minimum absolute atomic E-state index is 0.296. The summed E-state index contributed by atoms with van der Waals surface area (Å²) >= 11 is 0. The Labute approximate surface area is 131 Å². The molecule has 1 aliphatic heterocycles. The van der Waals surface area contributed by atoms with E-state index in [0.29, 0.717) is 11.6 Å². The Kier molecular flexibility index (Phi) is 4.09. The van der Waals surface area contributed by atoms with Gasteiger partial charge in [0, 0.05) is 30.9 Å². The second kappa shape index (κ2) is 6.18. The third-order valence-corrected chi connectivity index (χ3v) is 4.39. The molecule has 1 aliphatic rings. The van der Waals surface area contributed by atoms with Crippen LogP contribution in [-0.4, -0.2) is 24.0 Å². The van der Waals surface area contributed by atoms with Gasteiger partial charge in [0.05, 0.1) is 0 Å². The summed E-state index contributed by atoms with van der Waals surface area (Å²) in [6.45, 7) is 3.98. The molecule has 3 rings (SSSR count). The van der Waals surface area contributed by atoms with Crippen LogP contribution in [0.2, 0.25) is 0 Å². The maximum Gasteiger partial charge on any atom is 0.267 e. The number of nitrogens with zero attached hydrogens (tertiary/aromatic N) is 2. The van der Waals surface area contributed by atoms with Gasteiger partial charge in [0.1, 0.15) is 5.69 Å². The number of hydrogen-bond acceptors (Lipinski definition) is 3. The molecule has 0 aliphatic carbocycles. The lowest BCUT2D eigenvalue weighted by Gasteiger charge is -2.35. The van der Waals surface area contributed by atoms with Gasteiger partial charge in [-0.2, -0.15) is 0 Å². The smallest absolute Gasteiger partial charge is 0.267 e. The van der Waals surface area contributed by atoms with Gasteiger partial charge in [0.2, 0.25) is 0 Å². The summed E-state index contributed by atoms with van der Waals surface area (Å²) in [7, 11) is 0. The summed E-state index contributed by atoms with van der Waals surface area (Å²) in [6, 6.07) is 12.4. The molecule has 1 amide bonds. The number of hydrogen-bond donors (Lipinski definition) is 1. The number of nitrogens with two attached hydrogens (primary N) is 1. The van der Waals surface area contributed by atoms with Crippen LogP contribution in [0.15, 0.2) is 42.6 Å². The molecule has 0 saturated carbocycles. The number of benzene rings is 1. The molecule has 0 bridgehead atoms. The zero-order valence-corrected chi connectivity index (χ0v) is 12.8. The third-order valence-electron chi connectivity index (χ3n) is 4.39. The van der Waals surface area contributed by atoms with Crippen LogP contribution in [0.25, 0.3) is 0 Å². The summed E-state index contributed by atoms with van der Waals surface area (Å²) in [5.41, 5.74) is 9.31. The van der Waals surface area contributed by atoms with Gasteiger partial charge in [-0.15, -0.1) is 0 Å². The second-order valence-electron chi connectivity index (χ2n) is 5.88. The van der Waals surface area contributed by atoms with E-state index in [0.717, 1.165) is 37.1 Å². The Bertz CT molecular complexity index is 669. The second-order valence-corrected chi connectivity index (χ2v) is 5.88. The number of anilines is 1. The number of para-hydroxylation sites is 1. The van der Waals surface area contributed by atoms with Crippen LogP contribution in [0, 0.1) is 6.92 Å². The molecule has 2 aromatic rings. The minimum Gasteiger partial charge on any atom is -0.371 e. The maximum atomic E-state index is 11.7. The molecular weight excluding hydrogens is 274 g/mol. The first-order chi connectivity index (χ1) is 10.7. The Hall–Kier alpha value is -2.36. The monoisotopic (exact) mass is 295 g/mol. The number of piperidine rings is 1. The van der Waals surface area contributed by atoms with Crippen molar-refractivity contribution in [2.75, 3.05) is 18.0 Å². The zero-order valence-electron chi connectivity index (χ0n) is 12.8. The third kappa shape index (κ3) is 2.82. The number of amides is 1. The average Bonchev–Trinajstić information content (AvgIpc) is 2.55. The SMILES string of the molecule is Cc1ccnc(C(N)=O)c1C1CCCN(c2ccccc2)C1. The molecule has 0 radical (unpaired) electrons. The molecule has 1 aromatic heterocycles. The predicted molar refractivity (Wildman–Crippen MR) is 88.1 cm³/mol. The van der Waals surface area contributed by atoms with Crippen molar-refractivity contribution in [1.82, 2.24) is 4.98 Å². The van der Waals surface area contributed by atoms with Crippen LogP contribution < -0.4 is 10.6 Å². The van der Waals surface area contributed by atoms with Gasteiger partial charge in [-0.1, -0.05) is 18.2 Å². The van der Waals surface area contributed by atoms with Gasteiger partial charge in [-0.05, 0) is 49.1 Å². The lowest BCUT2D eigenvalue weighted by atomic mass is 9.86. The van der Waals surface area contributed by atoms with Crippen molar-refractivity contribution in [2.24, 2.45) is 5.73 Å². The number of aryl methyl sites for hydroxylation is 1. The highest BCUT2D eigenvalue weighted by Gasteiger charge is 2.26. The van der Waals surface area contributed by atoms with Crippen molar-refractivity contribution in [3.8, 4) is 0 Å². The highest BCUT2D eigenvalue weighted by molar-refractivity contribution is 5.92. The molecule has 2 heterocycles. The normalized spacial score (nSPS) is 18.2. The quantitative estimate of drug-likeness (QED) is 0.947. The Morgan fingerprint density at radius 3 is 2.77 bits per heavy atom. The largest absolute Gasteiger partial charge is 0.371 e. The molecule has 0 spiro atoms. The van der Waals surface area contributed by atoms with Gasteiger partial charge in [-0.25, -0.2) is 0 Å².